The van der Waals surface area contributed by atoms with Crippen molar-refractivity contribution in [2.75, 3.05) is 12.4 Å². The zero-order valence-electron chi connectivity index (χ0n) is 15.5. The summed E-state index contributed by atoms with van der Waals surface area (Å²) < 4.78 is 14.0. The summed E-state index contributed by atoms with van der Waals surface area (Å²) >= 11 is 3.59. The molecule has 0 saturated carbocycles. The van der Waals surface area contributed by atoms with Crippen LogP contribution < -0.4 is 14.8 Å². The Morgan fingerprint density at radius 1 is 1.29 bits per heavy atom. The van der Waals surface area contributed by atoms with E-state index >= 15 is 0 Å². The molecule has 8 heteroatoms. The summed E-state index contributed by atoms with van der Waals surface area (Å²) in [4.78, 5) is 16.1. The summed E-state index contributed by atoms with van der Waals surface area (Å²) in [6, 6.07) is 11.7. The molecule has 0 unspecified atom stereocenters. The van der Waals surface area contributed by atoms with E-state index in [4.69, 9.17) is 9.47 Å². The predicted octanol–water partition coefficient (Wildman–Crippen LogP) is 3.87. The normalized spacial score (nSPS) is 15.7. The summed E-state index contributed by atoms with van der Waals surface area (Å²) in [7, 11) is 1.60. The topological polar surface area (TPSA) is 78.3 Å². The minimum absolute atomic E-state index is 0.0970. The first-order valence-electron chi connectivity index (χ1n) is 8.80. The van der Waals surface area contributed by atoms with Crippen LogP contribution in [-0.2, 0) is 11.4 Å². The largest absolute Gasteiger partial charge is 0.493 e. The number of fused-ring (bicyclic) bond motifs is 1. The quantitative estimate of drug-likeness (QED) is 0.648. The number of aryl methyl sites for hydroxylation is 1. The second-order valence-electron chi connectivity index (χ2n) is 6.60. The number of aromatic nitrogens is 3. The van der Waals surface area contributed by atoms with Crippen LogP contribution in [0.15, 0.2) is 47.2 Å². The second-order valence-corrected chi connectivity index (χ2v) is 7.46. The van der Waals surface area contributed by atoms with E-state index in [9.17, 15) is 4.79 Å². The Labute approximate surface area is 170 Å². The van der Waals surface area contributed by atoms with E-state index in [1.54, 1.807) is 11.8 Å². The number of amides is 1. The lowest BCUT2D eigenvalue weighted by Crippen LogP contribution is -2.29. The molecule has 0 saturated heterocycles. The summed E-state index contributed by atoms with van der Waals surface area (Å²) in [6.07, 6.45) is 1.70. The molecule has 4 rings (SSSR count). The molecule has 0 radical (unpaired) electrons. The fourth-order valence-corrected chi connectivity index (χ4v) is 3.75. The molecule has 3 aromatic rings. The maximum Gasteiger partial charge on any atom is 0.229 e. The molecule has 7 nitrogen and oxygen atoms in total. The van der Waals surface area contributed by atoms with Gasteiger partial charge in [0.15, 0.2) is 11.5 Å². The van der Waals surface area contributed by atoms with Gasteiger partial charge in [-0.2, -0.15) is 10.1 Å². The molecule has 2 aromatic carbocycles. The molecule has 1 aliphatic rings. The number of nitrogens with zero attached hydrogens (tertiary/aromatic N) is 3. The van der Waals surface area contributed by atoms with Crippen LogP contribution in [0.5, 0.6) is 11.5 Å². The van der Waals surface area contributed by atoms with Gasteiger partial charge in [0.25, 0.3) is 0 Å². The first kappa shape index (κ1) is 18.5. The van der Waals surface area contributed by atoms with Gasteiger partial charge in [0.05, 0.1) is 24.0 Å². The van der Waals surface area contributed by atoms with Crippen molar-refractivity contribution in [3.63, 3.8) is 0 Å². The smallest absolute Gasteiger partial charge is 0.229 e. The van der Waals surface area contributed by atoms with Gasteiger partial charge in [0.2, 0.25) is 11.9 Å². The van der Waals surface area contributed by atoms with Crippen LogP contribution in [0.4, 0.5) is 5.95 Å². The maximum atomic E-state index is 12.0. The van der Waals surface area contributed by atoms with Gasteiger partial charge in [0, 0.05) is 0 Å². The number of ether oxygens (including phenoxy) is 2. The van der Waals surface area contributed by atoms with E-state index in [2.05, 4.69) is 50.4 Å². The summed E-state index contributed by atoms with van der Waals surface area (Å²) in [6.45, 7) is 2.47. The summed E-state index contributed by atoms with van der Waals surface area (Å²) in [5.74, 6) is 1.55. The fraction of sp³-hybridized carbons (Fsp3) is 0.250. The van der Waals surface area contributed by atoms with Crippen LogP contribution in [-0.4, -0.2) is 27.8 Å². The molecule has 0 spiro atoms. The lowest BCUT2D eigenvalue weighted by Gasteiger charge is -2.25. The number of carbonyl (C=O) groups excluding carboxylic acids is 1. The molecule has 1 aromatic heterocycles. The number of hydrogen-bond acceptors (Lipinski definition) is 5. The van der Waals surface area contributed by atoms with Crippen molar-refractivity contribution in [2.24, 2.45) is 0 Å². The van der Waals surface area contributed by atoms with E-state index in [0.717, 1.165) is 15.6 Å². The molecule has 28 heavy (non-hydrogen) atoms. The van der Waals surface area contributed by atoms with Gasteiger partial charge >= 0.3 is 0 Å². The lowest BCUT2D eigenvalue weighted by atomic mass is 10.0. The molecule has 1 amide bonds. The highest BCUT2D eigenvalue weighted by Gasteiger charge is 2.29. The van der Waals surface area contributed by atoms with Gasteiger partial charge in [-0.05, 0) is 46.1 Å². The van der Waals surface area contributed by atoms with Gasteiger partial charge in [-0.1, -0.05) is 29.8 Å². The van der Waals surface area contributed by atoms with Crippen LogP contribution in [0.25, 0.3) is 0 Å². The van der Waals surface area contributed by atoms with Crippen molar-refractivity contribution in [3.05, 3.63) is 63.9 Å². The van der Waals surface area contributed by atoms with Crippen molar-refractivity contribution in [1.29, 1.82) is 0 Å². The Morgan fingerprint density at radius 3 is 2.82 bits per heavy atom. The molecule has 0 bridgehead atoms. The van der Waals surface area contributed by atoms with Gasteiger partial charge in [-0.25, -0.2) is 4.68 Å². The van der Waals surface area contributed by atoms with Gasteiger partial charge in [-0.15, -0.1) is 0 Å². The Morgan fingerprint density at radius 2 is 2.07 bits per heavy atom. The van der Waals surface area contributed by atoms with Crippen LogP contribution >= 0.6 is 15.9 Å². The van der Waals surface area contributed by atoms with E-state index < -0.39 is 0 Å². The number of rotatable bonds is 5. The molecule has 2 heterocycles. The number of halogens is 1. The maximum absolute atomic E-state index is 12.0. The summed E-state index contributed by atoms with van der Waals surface area (Å²) in [5, 5.41) is 6.96. The summed E-state index contributed by atoms with van der Waals surface area (Å²) in [5.41, 5.74) is 3.16. The van der Waals surface area contributed by atoms with Crippen LogP contribution in [0, 0.1) is 6.92 Å². The fourth-order valence-electron chi connectivity index (χ4n) is 3.18. The molecular formula is C20H19BrN4O3. The number of benzene rings is 2. The molecule has 144 valence electrons. The van der Waals surface area contributed by atoms with Gasteiger partial charge in [-0.3, -0.25) is 10.1 Å². The Hall–Kier alpha value is -2.87. The zero-order chi connectivity index (χ0) is 19.7. The van der Waals surface area contributed by atoms with Crippen LogP contribution in [0.1, 0.15) is 29.2 Å². The third kappa shape index (κ3) is 3.60. The van der Waals surface area contributed by atoms with Crippen LogP contribution in [0.3, 0.4) is 0 Å². The van der Waals surface area contributed by atoms with E-state index in [-0.39, 0.29) is 18.4 Å². The number of hydrogen-bond donors (Lipinski definition) is 1. The molecule has 1 atom stereocenters. The minimum atomic E-state index is -0.261. The number of anilines is 1. The Kier molecular flexibility index (Phi) is 5.04. The lowest BCUT2D eigenvalue weighted by molar-refractivity contribution is -0.117. The highest BCUT2D eigenvalue weighted by Crippen LogP contribution is 2.40. The predicted molar refractivity (Wildman–Crippen MR) is 108 cm³/mol. The highest BCUT2D eigenvalue weighted by molar-refractivity contribution is 9.10. The van der Waals surface area contributed by atoms with Gasteiger partial charge in [0.1, 0.15) is 12.9 Å². The van der Waals surface area contributed by atoms with E-state index in [0.29, 0.717) is 24.1 Å². The van der Waals surface area contributed by atoms with Crippen molar-refractivity contribution in [1.82, 2.24) is 14.8 Å². The zero-order valence-corrected chi connectivity index (χ0v) is 17.1. The highest BCUT2D eigenvalue weighted by atomic mass is 79.9. The SMILES string of the molecule is COc1cc([C@@H]2CC(=O)Nc3ncnn32)cc(Br)c1OCc1ccc(C)cc1. The first-order chi connectivity index (χ1) is 13.5. The van der Waals surface area contributed by atoms with Crippen molar-refractivity contribution >= 4 is 27.8 Å². The molecule has 1 N–H and O–H groups in total. The average Bonchev–Trinajstić information content (AvgIpc) is 3.15. The van der Waals surface area contributed by atoms with E-state index in [1.807, 2.05) is 24.3 Å². The standard InChI is InChI=1S/C20H19BrN4O3/c1-12-3-5-13(6-4-12)10-28-19-15(21)7-14(8-17(19)27-2)16-9-18(26)24-20-22-11-23-25(16)20/h3-8,11,16H,9-10H2,1-2H3,(H,22,23,24,26)/t16-/m0/s1. The second kappa shape index (κ2) is 7.63. The van der Waals surface area contributed by atoms with Crippen molar-refractivity contribution < 1.29 is 14.3 Å². The van der Waals surface area contributed by atoms with Gasteiger partial charge < -0.3 is 9.47 Å². The molecule has 1 aliphatic heterocycles. The third-order valence-electron chi connectivity index (χ3n) is 4.64. The van der Waals surface area contributed by atoms with Crippen molar-refractivity contribution in [3.8, 4) is 11.5 Å². The average molecular weight is 443 g/mol. The van der Waals surface area contributed by atoms with E-state index in [1.165, 1.54) is 11.9 Å². The van der Waals surface area contributed by atoms with Crippen molar-refractivity contribution in [2.45, 2.75) is 26.0 Å². The molecule has 0 fully saturated rings. The molecule has 0 aliphatic carbocycles. The molecular weight excluding hydrogens is 424 g/mol. The Bertz CT molecular complexity index is 1020. The Balaban J connectivity index is 1.63. The van der Waals surface area contributed by atoms with Crippen LogP contribution in [0.2, 0.25) is 0 Å². The number of carbonyl (C=O) groups is 1. The minimum Gasteiger partial charge on any atom is -0.493 e. The third-order valence-corrected chi connectivity index (χ3v) is 5.23. The number of methoxy groups -OCH3 is 1. The first-order valence-corrected chi connectivity index (χ1v) is 9.59. The number of nitrogens with one attached hydrogen (secondary N) is 1. The monoisotopic (exact) mass is 442 g/mol.